The van der Waals surface area contributed by atoms with Crippen LogP contribution in [0, 0.1) is 23.2 Å². The number of hydrogen-bond donors (Lipinski definition) is 1. The lowest BCUT2D eigenvalue weighted by Gasteiger charge is -2.46. The van der Waals surface area contributed by atoms with Gasteiger partial charge >= 0.3 is 0 Å². The summed E-state index contributed by atoms with van der Waals surface area (Å²) in [5.41, 5.74) is 6.80. The van der Waals surface area contributed by atoms with Gasteiger partial charge in [0.2, 0.25) is 0 Å². The van der Waals surface area contributed by atoms with Gasteiger partial charge in [0, 0.05) is 6.04 Å². The number of hydrogen-bond acceptors (Lipinski definition) is 1. The van der Waals surface area contributed by atoms with E-state index < -0.39 is 0 Å². The van der Waals surface area contributed by atoms with E-state index in [1.54, 1.807) is 0 Å². The van der Waals surface area contributed by atoms with Gasteiger partial charge in [0.25, 0.3) is 0 Å². The largest absolute Gasteiger partial charge is 0.327 e. The Morgan fingerprint density at radius 3 is 2.44 bits per heavy atom. The predicted molar refractivity (Wildman–Crippen MR) is 72.3 cm³/mol. The summed E-state index contributed by atoms with van der Waals surface area (Å²) in [6, 6.07) is 0.429. The zero-order chi connectivity index (χ0) is 12.3. The Morgan fingerprint density at radius 2 is 1.94 bits per heavy atom. The van der Waals surface area contributed by atoms with Crippen molar-refractivity contribution in [3.8, 4) is 0 Å². The minimum Gasteiger partial charge on any atom is -0.327 e. The van der Waals surface area contributed by atoms with Gasteiger partial charge in [-0.15, -0.1) is 0 Å². The first-order chi connectivity index (χ1) is 7.39. The van der Waals surface area contributed by atoms with E-state index in [1.165, 1.54) is 32.1 Å². The Balaban J connectivity index is 2.67. The summed E-state index contributed by atoms with van der Waals surface area (Å²) in [6.45, 7) is 11.9. The van der Waals surface area contributed by atoms with Crippen molar-refractivity contribution in [2.45, 2.75) is 72.8 Å². The van der Waals surface area contributed by atoms with Crippen LogP contribution in [-0.2, 0) is 0 Å². The smallest absolute Gasteiger partial charge is 0.00748 e. The molecule has 0 spiro atoms. The molecule has 96 valence electrons. The minimum absolute atomic E-state index is 0.412. The second-order valence-electron chi connectivity index (χ2n) is 6.70. The lowest BCUT2D eigenvalue weighted by molar-refractivity contribution is 0.0583. The zero-order valence-corrected chi connectivity index (χ0v) is 11.9. The summed E-state index contributed by atoms with van der Waals surface area (Å²) in [5.74, 6) is 2.36. The van der Waals surface area contributed by atoms with Crippen LogP contribution in [0.4, 0.5) is 0 Å². The highest BCUT2D eigenvalue weighted by molar-refractivity contribution is 4.92. The van der Waals surface area contributed by atoms with Gasteiger partial charge in [0.05, 0.1) is 0 Å². The highest BCUT2D eigenvalue weighted by Gasteiger charge is 2.39. The molecule has 1 rings (SSSR count). The molecule has 0 radical (unpaired) electrons. The molecule has 16 heavy (non-hydrogen) atoms. The second kappa shape index (κ2) is 5.53. The van der Waals surface area contributed by atoms with Crippen LogP contribution in [0.25, 0.3) is 0 Å². The van der Waals surface area contributed by atoms with Crippen molar-refractivity contribution in [2.24, 2.45) is 28.9 Å². The number of nitrogens with two attached hydrogens (primary N) is 1. The van der Waals surface area contributed by atoms with Gasteiger partial charge in [-0.2, -0.15) is 0 Å². The third-order valence-electron chi connectivity index (χ3n) is 5.11. The Hall–Kier alpha value is -0.0400. The first kappa shape index (κ1) is 14.0. The maximum Gasteiger partial charge on any atom is 0.00748 e. The van der Waals surface area contributed by atoms with Crippen LogP contribution >= 0.6 is 0 Å². The van der Waals surface area contributed by atoms with Gasteiger partial charge in [0.1, 0.15) is 0 Å². The van der Waals surface area contributed by atoms with E-state index in [0.29, 0.717) is 11.5 Å². The molecule has 0 bridgehead atoms. The van der Waals surface area contributed by atoms with Crippen molar-refractivity contribution in [1.82, 2.24) is 0 Å². The summed E-state index contributed by atoms with van der Waals surface area (Å²) in [5, 5.41) is 0. The van der Waals surface area contributed by atoms with Crippen LogP contribution in [0.3, 0.4) is 0 Å². The zero-order valence-electron chi connectivity index (χ0n) is 11.9. The van der Waals surface area contributed by atoms with Crippen molar-refractivity contribution in [3.63, 3.8) is 0 Å². The first-order valence-corrected chi connectivity index (χ1v) is 7.15. The molecule has 1 aliphatic rings. The van der Waals surface area contributed by atoms with E-state index in [0.717, 1.165) is 17.8 Å². The maximum absolute atomic E-state index is 6.39. The summed E-state index contributed by atoms with van der Waals surface area (Å²) in [4.78, 5) is 0. The topological polar surface area (TPSA) is 26.0 Å². The summed E-state index contributed by atoms with van der Waals surface area (Å²) in [7, 11) is 0. The fourth-order valence-corrected chi connectivity index (χ4v) is 3.52. The molecule has 1 aliphatic carbocycles. The Bertz CT molecular complexity index is 209. The van der Waals surface area contributed by atoms with Crippen molar-refractivity contribution in [2.75, 3.05) is 0 Å². The van der Waals surface area contributed by atoms with Crippen LogP contribution in [0.1, 0.15) is 66.7 Å². The molecule has 0 saturated heterocycles. The molecule has 1 nitrogen and oxygen atoms in total. The van der Waals surface area contributed by atoms with Crippen molar-refractivity contribution in [3.05, 3.63) is 0 Å². The highest BCUT2D eigenvalue weighted by Crippen LogP contribution is 2.45. The summed E-state index contributed by atoms with van der Waals surface area (Å²) in [6.07, 6.45) is 6.58. The molecule has 0 amide bonds. The van der Waals surface area contributed by atoms with Crippen LogP contribution in [0.2, 0.25) is 0 Å². The lowest BCUT2D eigenvalue weighted by atomic mass is 9.61. The minimum atomic E-state index is 0.412. The molecule has 0 aromatic rings. The van der Waals surface area contributed by atoms with Crippen LogP contribution < -0.4 is 5.73 Å². The normalized spacial score (nSPS) is 33.8. The van der Waals surface area contributed by atoms with Gasteiger partial charge in [-0.3, -0.25) is 0 Å². The fraction of sp³-hybridized carbons (Fsp3) is 1.00. The molecule has 0 aromatic carbocycles. The average molecular weight is 225 g/mol. The van der Waals surface area contributed by atoms with Gasteiger partial charge in [-0.1, -0.05) is 53.9 Å². The summed E-state index contributed by atoms with van der Waals surface area (Å²) < 4.78 is 0. The summed E-state index contributed by atoms with van der Waals surface area (Å²) >= 11 is 0. The Kier molecular flexibility index (Phi) is 4.85. The van der Waals surface area contributed by atoms with Crippen molar-refractivity contribution in [1.29, 1.82) is 0 Å². The molecule has 0 aliphatic heterocycles. The van der Waals surface area contributed by atoms with Gasteiger partial charge in [0.15, 0.2) is 0 Å². The number of rotatable bonds is 4. The maximum atomic E-state index is 6.39. The lowest BCUT2D eigenvalue weighted by Crippen LogP contribution is -2.46. The molecule has 1 heteroatoms. The van der Waals surface area contributed by atoms with Crippen LogP contribution in [0.5, 0.6) is 0 Å². The Morgan fingerprint density at radius 1 is 1.31 bits per heavy atom. The molecule has 4 atom stereocenters. The third kappa shape index (κ3) is 3.00. The van der Waals surface area contributed by atoms with E-state index >= 15 is 0 Å². The van der Waals surface area contributed by atoms with Crippen LogP contribution in [0.15, 0.2) is 0 Å². The molecule has 2 N–H and O–H groups in total. The van der Waals surface area contributed by atoms with E-state index in [9.17, 15) is 0 Å². The third-order valence-corrected chi connectivity index (χ3v) is 5.11. The molecule has 1 fully saturated rings. The quantitative estimate of drug-likeness (QED) is 0.762. The highest BCUT2D eigenvalue weighted by atomic mass is 14.7. The fourth-order valence-electron chi connectivity index (χ4n) is 3.52. The van der Waals surface area contributed by atoms with E-state index in [1.807, 2.05) is 0 Å². The molecule has 1 saturated carbocycles. The molecular formula is C15H31N. The van der Waals surface area contributed by atoms with E-state index in [-0.39, 0.29) is 0 Å². The molecule has 0 aromatic heterocycles. The van der Waals surface area contributed by atoms with Crippen molar-refractivity contribution >= 4 is 0 Å². The van der Waals surface area contributed by atoms with E-state index in [4.69, 9.17) is 5.73 Å². The van der Waals surface area contributed by atoms with Gasteiger partial charge in [-0.25, -0.2) is 0 Å². The van der Waals surface area contributed by atoms with Gasteiger partial charge in [-0.05, 0) is 36.0 Å². The predicted octanol–water partition coefficient (Wildman–Crippen LogP) is 4.21. The van der Waals surface area contributed by atoms with Crippen LogP contribution in [-0.4, -0.2) is 6.04 Å². The second-order valence-corrected chi connectivity index (χ2v) is 6.70. The van der Waals surface area contributed by atoms with Gasteiger partial charge < -0.3 is 5.73 Å². The molecule has 4 unspecified atom stereocenters. The standard InChI is InChI=1S/C15H31N/c1-6-7-12(3)15(4,5)13-9-8-11(2)10-14(13)16/h11-14H,6-10,16H2,1-5H3. The molecule has 0 heterocycles. The molecular weight excluding hydrogens is 194 g/mol. The van der Waals surface area contributed by atoms with Crippen molar-refractivity contribution < 1.29 is 0 Å². The first-order valence-electron chi connectivity index (χ1n) is 7.15. The SMILES string of the molecule is CCCC(C)C(C)(C)C1CCC(C)CC1N. The average Bonchev–Trinajstić information content (AvgIpc) is 2.17. The van der Waals surface area contributed by atoms with E-state index in [2.05, 4.69) is 34.6 Å². The Labute approximate surface area is 102 Å². The monoisotopic (exact) mass is 225 g/mol.